The van der Waals surface area contributed by atoms with Crippen molar-refractivity contribution < 1.29 is 14.3 Å². The number of benzene rings is 2. The molecular formula is C21H26N4O3S. The summed E-state index contributed by atoms with van der Waals surface area (Å²) in [4.78, 5) is 28.7. The van der Waals surface area contributed by atoms with Crippen LogP contribution in [0.2, 0.25) is 0 Å². The molecule has 0 saturated carbocycles. The molecule has 1 aliphatic heterocycles. The Morgan fingerprint density at radius 2 is 1.76 bits per heavy atom. The third-order valence-corrected chi connectivity index (χ3v) is 5.80. The summed E-state index contributed by atoms with van der Waals surface area (Å²) in [7, 11) is 1.67. The number of hydrogen-bond acceptors (Lipinski definition) is 5. The summed E-state index contributed by atoms with van der Waals surface area (Å²) in [5, 5.41) is 3.00. The number of anilines is 2. The van der Waals surface area contributed by atoms with Crippen molar-refractivity contribution in [3.63, 3.8) is 0 Å². The zero-order valence-electron chi connectivity index (χ0n) is 16.5. The Labute approximate surface area is 175 Å². The number of rotatable bonds is 7. The first-order chi connectivity index (χ1) is 14.1. The van der Waals surface area contributed by atoms with E-state index < -0.39 is 0 Å². The highest BCUT2D eigenvalue weighted by Gasteiger charge is 2.23. The lowest BCUT2D eigenvalue weighted by Gasteiger charge is -2.36. The molecule has 2 aromatic carbocycles. The van der Waals surface area contributed by atoms with Crippen LogP contribution < -0.4 is 20.7 Å². The van der Waals surface area contributed by atoms with Crippen molar-refractivity contribution in [3.05, 3.63) is 48.5 Å². The average Bonchev–Trinajstić information content (AvgIpc) is 2.74. The minimum atomic E-state index is -0.327. The minimum Gasteiger partial charge on any atom is -0.495 e. The number of primary amides is 1. The third kappa shape index (κ3) is 5.57. The lowest BCUT2D eigenvalue weighted by atomic mass is 10.2. The van der Waals surface area contributed by atoms with Crippen LogP contribution in [0.15, 0.2) is 53.4 Å². The van der Waals surface area contributed by atoms with E-state index in [1.165, 1.54) is 11.8 Å². The number of hydrogen-bond donors (Lipinski definition) is 2. The maximum atomic E-state index is 12.8. The van der Waals surface area contributed by atoms with Crippen LogP contribution in [0.4, 0.5) is 16.2 Å². The lowest BCUT2D eigenvalue weighted by molar-refractivity contribution is -0.117. The molecule has 3 rings (SSSR count). The van der Waals surface area contributed by atoms with Gasteiger partial charge in [-0.05, 0) is 24.3 Å². The Morgan fingerprint density at radius 1 is 1.07 bits per heavy atom. The van der Waals surface area contributed by atoms with E-state index in [9.17, 15) is 9.59 Å². The highest BCUT2D eigenvalue weighted by molar-refractivity contribution is 7.99. The molecule has 0 unspecified atom stereocenters. The molecule has 0 aliphatic carbocycles. The predicted octanol–water partition coefficient (Wildman–Crippen LogP) is 3.02. The maximum Gasteiger partial charge on any atom is 0.321 e. The van der Waals surface area contributed by atoms with Gasteiger partial charge in [0.2, 0.25) is 5.91 Å². The van der Waals surface area contributed by atoms with Gasteiger partial charge >= 0.3 is 6.03 Å². The van der Waals surface area contributed by atoms with Gasteiger partial charge in [-0.3, -0.25) is 4.79 Å². The summed E-state index contributed by atoms with van der Waals surface area (Å²) < 4.78 is 5.45. The molecule has 1 heterocycles. The second kappa shape index (κ2) is 10.1. The number of amides is 3. The number of methoxy groups -OCH3 is 1. The quantitative estimate of drug-likeness (QED) is 0.680. The summed E-state index contributed by atoms with van der Waals surface area (Å²) in [6, 6.07) is 15.4. The van der Waals surface area contributed by atoms with E-state index in [4.69, 9.17) is 10.5 Å². The Kier molecular flexibility index (Phi) is 7.24. The molecule has 0 radical (unpaired) electrons. The van der Waals surface area contributed by atoms with Crippen molar-refractivity contribution in [3.8, 4) is 5.75 Å². The van der Waals surface area contributed by atoms with Crippen molar-refractivity contribution in [1.82, 2.24) is 4.90 Å². The molecule has 0 aromatic heterocycles. The van der Waals surface area contributed by atoms with E-state index in [0.29, 0.717) is 25.3 Å². The van der Waals surface area contributed by atoms with Gasteiger partial charge in [-0.1, -0.05) is 24.3 Å². The van der Waals surface area contributed by atoms with Crippen LogP contribution in [0.5, 0.6) is 5.75 Å². The second-order valence-electron chi connectivity index (χ2n) is 6.64. The Balaban J connectivity index is 1.57. The lowest BCUT2D eigenvalue weighted by Crippen LogP contribution is -2.50. The van der Waals surface area contributed by atoms with Gasteiger partial charge in [-0.25, -0.2) is 4.79 Å². The van der Waals surface area contributed by atoms with Crippen LogP contribution in [0.1, 0.15) is 6.42 Å². The molecule has 3 amide bonds. The van der Waals surface area contributed by atoms with Crippen molar-refractivity contribution in [2.24, 2.45) is 5.73 Å². The number of ether oxygens (including phenoxy) is 1. The monoisotopic (exact) mass is 414 g/mol. The summed E-state index contributed by atoms with van der Waals surface area (Å²) in [6.45, 7) is 2.73. The van der Waals surface area contributed by atoms with E-state index in [-0.39, 0.29) is 11.9 Å². The Morgan fingerprint density at radius 3 is 2.48 bits per heavy atom. The van der Waals surface area contributed by atoms with Gasteiger partial charge in [-0.2, -0.15) is 0 Å². The minimum absolute atomic E-state index is 0.118. The predicted molar refractivity (Wildman–Crippen MR) is 117 cm³/mol. The molecule has 0 bridgehead atoms. The van der Waals surface area contributed by atoms with Gasteiger partial charge in [0.1, 0.15) is 5.75 Å². The molecule has 3 N–H and O–H groups in total. The van der Waals surface area contributed by atoms with E-state index in [1.807, 2.05) is 53.4 Å². The van der Waals surface area contributed by atoms with E-state index >= 15 is 0 Å². The normalized spacial score (nSPS) is 13.8. The SMILES string of the molecule is COc1ccccc1N1CCN(C(=O)Nc2ccccc2SCCC(N)=O)CC1. The van der Waals surface area contributed by atoms with Crippen molar-refractivity contribution >= 4 is 35.1 Å². The van der Waals surface area contributed by atoms with Gasteiger partial charge in [0.15, 0.2) is 0 Å². The van der Waals surface area contributed by atoms with Crippen molar-refractivity contribution in [1.29, 1.82) is 0 Å². The number of para-hydroxylation sites is 3. The summed E-state index contributed by atoms with van der Waals surface area (Å²) >= 11 is 1.51. The van der Waals surface area contributed by atoms with Gasteiger partial charge in [0.25, 0.3) is 0 Å². The van der Waals surface area contributed by atoms with Gasteiger partial charge in [0.05, 0.1) is 18.5 Å². The number of piperazine rings is 1. The summed E-state index contributed by atoms with van der Waals surface area (Å²) in [6.07, 6.45) is 0.303. The Bertz CT molecular complexity index is 853. The molecular weight excluding hydrogens is 388 g/mol. The van der Waals surface area contributed by atoms with Crippen LogP contribution in [-0.2, 0) is 4.79 Å². The zero-order valence-corrected chi connectivity index (χ0v) is 17.3. The van der Waals surface area contributed by atoms with E-state index in [1.54, 1.807) is 7.11 Å². The van der Waals surface area contributed by atoms with Crippen LogP contribution in [0.25, 0.3) is 0 Å². The van der Waals surface area contributed by atoms with E-state index in [0.717, 1.165) is 35.1 Å². The van der Waals surface area contributed by atoms with Gasteiger partial charge in [-0.15, -0.1) is 11.8 Å². The number of carbonyl (C=O) groups excluding carboxylic acids is 2. The highest BCUT2D eigenvalue weighted by Crippen LogP contribution is 2.29. The molecule has 154 valence electrons. The molecule has 7 nitrogen and oxygen atoms in total. The molecule has 8 heteroatoms. The fourth-order valence-corrected chi connectivity index (χ4v) is 4.17. The molecule has 29 heavy (non-hydrogen) atoms. The fourth-order valence-electron chi connectivity index (χ4n) is 3.19. The summed E-state index contributed by atoms with van der Waals surface area (Å²) in [5.74, 6) is 1.10. The second-order valence-corrected chi connectivity index (χ2v) is 7.77. The fraction of sp³-hybridized carbons (Fsp3) is 0.333. The number of nitrogens with two attached hydrogens (primary N) is 1. The first kappa shape index (κ1) is 20.9. The first-order valence-electron chi connectivity index (χ1n) is 9.52. The Hall–Kier alpha value is -2.87. The molecule has 1 fully saturated rings. The third-order valence-electron chi connectivity index (χ3n) is 4.73. The molecule has 0 atom stereocenters. The number of thioether (sulfide) groups is 1. The van der Waals surface area contributed by atoms with Crippen LogP contribution in [-0.4, -0.2) is 55.9 Å². The largest absolute Gasteiger partial charge is 0.495 e. The number of carbonyl (C=O) groups is 2. The van der Waals surface area contributed by atoms with Crippen LogP contribution in [0.3, 0.4) is 0 Å². The smallest absolute Gasteiger partial charge is 0.321 e. The first-order valence-corrected chi connectivity index (χ1v) is 10.5. The molecule has 0 spiro atoms. The van der Waals surface area contributed by atoms with Gasteiger partial charge < -0.3 is 25.6 Å². The number of nitrogens with zero attached hydrogens (tertiary/aromatic N) is 2. The van der Waals surface area contributed by atoms with E-state index in [2.05, 4.69) is 10.2 Å². The molecule has 2 aromatic rings. The molecule has 1 aliphatic rings. The van der Waals surface area contributed by atoms with Crippen LogP contribution in [0, 0.1) is 0 Å². The standard InChI is InChI=1S/C21H26N4O3S/c1-28-18-8-4-3-7-17(18)24-11-13-25(14-12-24)21(27)23-16-6-2-5-9-19(16)29-15-10-20(22)26/h2-9H,10-15H2,1H3,(H2,22,26)(H,23,27). The van der Waals surface area contributed by atoms with Crippen molar-refractivity contribution in [2.75, 3.05) is 49.3 Å². The number of nitrogens with one attached hydrogen (secondary N) is 1. The molecule has 1 saturated heterocycles. The summed E-state index contributed by atoms with van der Waals surface area (Å²) in [5.41, 5.74) is 7.00. The topological polar surface area (TPSA) is 87.9 Å². The highest BCUT2D eigenvalue weighted by atomic mass is 32.2. The maximum absolute atomic E-state index is 12.8. The zero-order chi connectivity index (χ0) is 20.6. The number of urea groups is 1. The average molecular weight is 415 g/mol. The van der Waals surface area contributed by atoms with Crippen LogP contribution >= 0.6 is 11.8 Å². The van der Waals surface area contributed by atoms with Gasteiger partial charge in [0, 0.05) is 43.2 Å². The van der Waals surface area contributed by atoms with Crippen molar-refractivity contribution in [2.45, 2.75) is 11.3 Å².